The second-order valence-electron chi connectivity index (χ2n) is 7.18. The quantitative estimate of drug-likeness (QED) is 0.488. The Morgan fingerprint density at radius 1 is 0.833 bits per heavy atom. The Bertz CT molecular complexity index is 1270. The van der Waals surface area contributed by atoms with Gasteiger partial charge in [-0.25, -0.2) is 21.8 Å². The maximum absolute atomic E-state index is 11.4. The van der Waals surface area contributed by atoms with E-state index in [0.717, 1.165) is 46.8 Å². The van der Waals surface area contributed by atoms with Crippen LogP contribution in [-0.2, 0) is 26.5 Å². The lowest BCUT2D eigenvalue weighted by Gasteiger charge is -2.11. The molecule has 0 aliphatic rings. The Morgan fingerprint density at radius 2 is 1.43 bits per heavy atom. The van der Waals surface area contributed by atoms with Gasteiger partial charge in [0.05, 0.1) is 18.0 Å². The number of hydrogen-bond acceptors (Lipinski definition) is 6. The highest BCUT2D eigenvalue weighted by Crippen LogP contribution is 2.24. The number of aryl methyl sites for hydroxylation is 1. The SMILES string of the molecule is Cc1cc(NCCc2ccc(NS(C)(=O)=O)cc2)nc2ccc(NS(C)(=O)=O)cc12. The van der Waals surface area contributed by atoms with Crippen molar-refractivity contribution in [1.29, 1.82) is 0 Å². The Hall–Kier alpha value is -2.85. The summed E-state index contributed by atoms with van der Waals surface area (Å²) in [6, 6.07) is 14.4. The first-order valence-corrected chi connectivity index (χ1v) is 13.0. The van der Waals surface area contributed by atoms with Gasteiger partial charge in [0.1, 0.15) is 5.82 Å². The molecule has 1 heterocycles. The van der Waals surface area contributed by atoms with Crippen molar-refractivity contribution >= 4 is 48.1 Å². The van der Waals surface area contributed by atoms with Gasteiger partial charge in [0.25, 0.3) is 0 Å². The van der Waals surface area contributed by atoms with Crippen molar-refractivity contribution in [2.45, 2.75) is 13.3 Å². The molecule has 1 aromatic heterocycles. The van der Waals surface area contributed by atoms with Crippen LogP contribution in [0, 0.1) is 6.92 Å². The van der Waals surface area contributed by atoms with E-state index in [4.69, 9.17) is 0 Å². The highest BCUT2D eigenvalue weighted by Gasteiger charge is 2.07. The molecule has 0 amide bonds. The molecule has 0 aliphatic heterocycles. The molecule has 2 aromatic carbocycles. The summed E-state index contributed by atoms with van der Waals surface area (Å²) >= 11 is 0. The van der Waals surface area contributed by atoms with Crippen LogP contribution in [0.1, 0.15) is 11.1 Å². The van der Waals surface area contributed by atoms with Gasteiger partial charge in [-0.2, -0.15) is 0 Å². The summed E-state index contributed by atoms with van der Waals surface area (Å²) in [6.45, 7) is 2.61. The topological polar surface area (TPSA) is 117 Å². The van der Waals surface area contributed by atoms with Crippen molar-refractivity contribution in [2.24, 2.45) is 0 Å². The molecule has 0 saturated heterocycles. The minimum Gasteiger partial charge on any atom is -0.370 e. The number of aromatic nitrogens is 1. The van der Waals surface area contributed by atoms with Gasteiger partial charge in [-0.15, -0.1) is 0 Å². The first-order valence-electron chi connectivity index (χ1n) is 9.18. The molecule has 0 bridgehead atoms. The Balaban J connectivity index is 1.65. The third-order valence-corrected chi connectivity index (χ3v) is 5.51. The molecule has 0 unspecified atom stereocenters. The van der Waals surface area contributed by atoms with E-state index in [-0.39, 0.29) is 0 Å². The minimum absolute atomic E-state index is 0.504. The molecule has 0 saturated carbocycles. The van der Waals surface area contributed by atoms with Gasteiger partial charge < -0.3 is 5.32 Å². The molecule has 3 N–H and O–H groups in total. The lowest BCUT2D eigenvalue weighted by Crippen LogP contribution is -2.10. The van der Waals surface area contributed by atoms with Gasteiger partial charge in [-0.1, -0.05) is 12.1 Å². The molecule has 3 rings (SSSR count). The number of pyridine rings is 1. The number of sulfonamides is 2. The third kappa shape index (κ3) is 6.33. The largest absolute Gasteiger partial charge is 0.370 e. The monoisotopic (exact) mass is 448 g/mol. The van der Waals surface area contributed by atoms with Crippen LogP contribution in [0.15, 0.2) is 48.5 Å². The molecule has 0 spiro atoms. The molecule has 0 fully saturated rings. The second kappa shape index (κ2) is 8.49. The first kappa shape index (κ1) is 21.8. The van der Waals surface area contributed by atoms with E-state index in [1.54, 1.807) is 30.3 Å². The molecule has 0 atom stereocenters. The molecule has 10 heteroatoms. The van der Waals surface area contributed by atoms with Crippen LogP contribution < -0.4 is 14.8 Å². The first-order chi connectivity index (χ1) is 14.0. The number of nitrogens with zero attached hydrogens (tertiary/aromatic N) is 1. The van der Waals surface area contributed by atoms with Crippen LogP contribution >= 0.6 is 0 Å². The van der Waals surface area contributed by atoms with Gasteiger partial charge in [-0.3, -0.25) is 9.44 Å². The second-order valence-corrected chi connectivity index (χ2v) is 10.7. The van der Waals surface area contributed by atoms with E-state index in [9.17, 15) is 16.8 Å². The number of fused-ring (bicyclic) bond motifs is 1. The minimum atomic E-state index is -3.33. The molecule has 3 aromatic rings. The average Bonchev–Trinajstić information content (AvgIpc) is 2.61. The van der Waals surface area contributed by atoms with Crippen molar-refractivity contribution in [2.75, 3.05) is 33.8 Å². The zero-order chi connectivity index (χ0) is 21.9. The predicted octanol–water partition coefficient (Wildman–Crippen LogP) is 2.94. The van der Waals surface area contributed by atoms with Crippen molar-refractivity contribution < 1.29 is 16.8 Å². The van der Waals surface area contributed by atoms with Crippen LogP contribution in [0.25, 0.3) is 10.9 Å². The summed E-state index contributed by atoms with van der Waals surface area (Å²) in [5.74, 6) is 0.735. The van der Waals surface area contributed by atoms with E-state index < -0.39 is 20.0 Å². The fraction of sp³-hybridized carbons (Fsp3) is 0.250. The molecule has 0 aliphatic carbocycles. The summed E-state index contributed by atoms with van der Waals surface area (Å²) in [5.41, 5.74) is 3.86. The van der Waals surface area contributed by atoms with Crippen LogP contribution in [-0.4, -0.2) is 40.9 Å². The van der Waals surface area contributed by atoms with Crippen molar-refractivity contribution in [3.63, 3.8) is 0 Å². The van der Waals surface area contributed by atoms with Crippen molar-refractivity contribution in [3.05, 3.63) is 59.7 Å². The van der Waals surface area contributed by atoms with E-state index in [2.05, 4.69) is 19.7 Å². The van der Waals surface area contributed by atoms with Crippen LogP contribution in [0.4, 0.5) is 17.2 Å². The standard InChI is InChI=1S/C20H24N4O4S2/c1-14-12-20(22-19-9-8-17(13-18(14)19)24-30(3,27)28)21-11-10-15-4-6-16(7-5-15)23-29(2,25)26/h4-9,12-13,23-24H,10-11H2,1-3H3,(H,21,22). The van der Waals surface area contributed by atoms with E-state index >= 15 is 0 Å². The molecule has 160 valence electrons. The van der Waals surface area contributed by atoms with Gasteiger partial charge in [0, 0.05) is 23.3 Å². The average molecular weight is 449 g/mol. The lowest BCUT2D eigenvalue weighted by atomic mass is 10.1. The number of rotatable bonds is 8. The van der Waals surface area contributed by atoms with Crippen LogP contribution in [0.2, 0.25) is 0 Å². The number of nitrogens with one attached hydrogen (secondary N) is 3. The maximum atomic E-state index is 11.4. The van der Waals surface area contributed by atoms with E-state index in [1.807, 2.05) is 25.1 Å². The van der Waals surface area contributed by atoms with Crippen molar-refractivity contribution in [3.8, 4) is 0 Å². The fourth-order valence-electron chi connectivity index (χ4n) is 3.05. The number of anilines is 3. The number of hydrogen-bond donors (Lipinski definition) is 3. The molecular weight excluding hydrogens is 424 g/mol. The fourth-order valence-corrected chi connectivity index (χ4v) is 4.17. The zero-order valence-corrected chi connectivity index (χ0v) is 18.6. The molecule has 30 heavy (non-hydrogen) atoms. The molecule has 0 radical (unpaired) electrons. The Kier molecular flexibility index (Phi) is 6.18. The number of benzene rings is 2. The molecule has 8 nitrogen and oxygen atoms in total. The summed E-state index contributed by atoms with van der Waals surface area (Å²) in [5, 5.41) is 4.18. The third-order valence-electron chi connectivity index (χ3n) is 4.30. The van der Waals surface area contributed by atoms with Gasteiger partial charge in [-0.05, 0) is 60.9 Å². The van der Waals surface area contributed by atoms with Crippen LogP contribution in [0.3, 0.4) is 0 Å². The highest BCUT2D eigenvalue weighted by atomic mass is 32.2. The van der Waals surface area contributed by atoms with Gasteiger partial charge in [0.2, 0.25) is 20.0 Å². The zero-order valence-electron chi connectivity index (χ0n) is 16.9. The summed E-state index contributed by atoms with van der Waals surface area (Å²) in [4.78, 5) is 4.59. The Labute approximate surface area is 176 Å². The van der Waals surface area contributed by atoms with Crippen LogP contribution in [0.5, 0.6) is 0 Å². The van der Waals surface area contributed by atoms with E-state index in [1.165, 1.54) is 0 Å². The summed E-state index contributed by atoms with van der Waals surface area (Å²) < 4.78 is 50.3. The normalized spacial score (nSPS) is 12.0. The smallest absolute Gasteiger partial charge is 0.229 e. The summed E-state index contributed by atoms with van der Waals surface area (Å²) in [6.07, 6.45) is 2.98. The maximum Gasteiger partial charge on any atom is 0.229 e. The van der Waals surface area contributed by atoms with Gasteiger partial charge in [0.15, 0.2) is 0 Å². The highest BCUT2D eigenvalue weighted by molar-refractivity contribution is 7.92. The van der Waals surface area contributed by atoms with Crippen molar-refractivity contribution in [1.82, 2.24) is 4.98 Å². The Morgan fingerprint density at radius 3 is 2.07 bits per heavy atom. The predicted molar refractivity (Wildman–Crippen MR) is 122 cm³/mol. The van der Waals surface area contributed by atoms with Gasteiger partial charge >= 0.3 is 0 Å². The summed E-state index contributed by atoms with van der Waals surface area (Å²) in [7, 11) is -6.61. The van der Waals surface area contributed by atoms with E-state index in [0.29, 0.717) is 17.9 Å². The lowest BCUT2D eigenvalue weighted by molar-refractivity contribution is 0.605. The molecular formula is C20H24N4O4S2.